The van der Waals surface area contributed by atoms with E-state index in [9.17, 15) is 4.79 Å². The minimum Gasteiger partial charge on any atom is -0.491 e. The molecule has 0 aliphatic rings. The molecule has 2 N–H and O–H groups in total. The van der Waals surface area contributed by atoms with E-state index in [0.29, 0.717) is 23.6 Å². The van der Waals surface area contributed by atoms with Crippen LogP contribution in [0.15, 0.2) is 12.1 Å². The molecule has 4 heteroatoms. The first-order valence-corrected chi connectivity index (χ1v) is 5.37. The van der Waals surface area contributed by atoms with Crippen molar-refractivity contribution in [3.63, 3.8) is 0 Å². The lowest BCUT2D eigenvalue weighted by Gasteiger charge is -2.10. The fourth-order valence-electron chi connectivity index (χ4n) is 1.11. The highest BCUT2D eigenvalue weighted by atomic mass is 127. The number of hydrogen-bond donors (Lipinski definition) is 1. The van der Waals surface area contributed by atoms with Crippen LogP contribution < -0.4 is 10.5 Å². The first-order valence-electron chi connectivity index (χ1n) is 4.29. The third-order valence-electron chi connectivity index (χ3n) is 1.77. The molecule has 0 atom stereocenters. The quantitative estimate of drug-likeness (QED) is 0.530. The molecule has 0 spiro atoms. The van der Waals surface area contributed by atoms with E-state index in [1.54, 1.807) is 12.1 Å². The molecule has 14 heavy (non-hydrogen) atoms. The van der Waals surface area contributed by atoms with Crippen LogP contribution in [0, 0.1) is 3.57 Å². The largest absolute Gasteiger partial charge is 0.491 e. The molecule has 0 amide bonds. The van der Waals surface area contributed by atoms with E-state index in [-0.39, 0.29) is 5.78 Å². The Bertz CT molecular complexity index is 340. The highest BCUT2D eigenvalue weighted by molar-refractivity contribution is 14.1. The average Bonchev–Trinajstić information content (AvgIpc) is 2.10. The first kappa shape index (κ1) is 11.3. The second-order valence-electron chi connectivity index (χ2n) is 2.87. The van der Waals surface area contributed by atoms with Crippen molar-refractivity contribution in [1.82, 2.24) is 0 Å². The number of Topliss-reactive ketones (excluding diaryl/α,β-unsaturated/α-hetero) is 1. The Kier molecular flexibility index (Phi) is 3.74. The number of ether oxygens (including phenoxy) is 1. The van der Waals surface area contributed by atoms with Crippen LogP contribution in [0.25, 0.3) is 0 Å². The molecule has 3 nitrogen and oxygen atoms in total. The first-order chi connectivity index (χ1) is 6.56. The Hall–Kier alpha value is -0.780. The van der Waals surface area contributed by atoms with E-state index < -0.39 is 0 Å². The van der Waals surface area contributed by atoms with Crippen molar-refractivity contribution in [1.29, 1.82) is 0 Å². The van der Waals surface area contributed by atoms with Crippen molar-refractivity contribution in [2.24, 2.45) is 0 Å². The molecule has 0 saturated heterocycles. The zero-order valence-corrected chi connectivity index (χ0v) is 10.3. The summed E-state index contributed by atoms with van der Waals surface area (Å²) in [7, 11) is 0. The van der Waals surface area contributed by atoms with Crippen LogP contribution in [-0.4, -0.2) is 12.4 Å². The summed E-state index contributed by atoms with van der Waals surface area (Å²) in [6.07, 6.45) is 0. The lowest BCUT2D eigenvalue weighted by molar-refractivity contribution is 0.101. The number of benzene rings is 1. The number of hydrogen-bond acceptors (Lipinski definition) is 3. The fraction of sp³-hybridized carbons (Fsp3) is 0.300. The van der Waals surface area contributed by atoms with Gasteiger partial charge in [0.1, 0.15) is 0 Å². The Morgan fingerprint density at radius 1 is 1.57 bits per heavy atom. The highest BCUT2D eigenvalue weighted by Crippen LogP contribution is 2.29. The Balaban J connectivity index is 3.18. The maximum absolute atomic E-state index is 11.1. The fourth-order valence-corrected chi connectivity index (χ4v) is 1.92. The van der Waals surface area contributed by atoms with Gasteiger partial charge in [-0.05, 0) is 48.6 Å². The highest BCUT2D eigenvalue weighted by Gasteiger charge is 2.09. The summed E-state index contributed by atoms with van der Waals surface area (Å²) in [6.45, 7) is 3.99. The SMILES string of the molecule is CCOc1c(N)cc(C(C)=O)cc1I. The molecule has 1 rings (SSSR count). The number of anilines is 1. The molecular weight excluding hydrogens is 293 g/mol. The molecule has 1 aromatic rings. The molecular formula is C10H12INO2. The topological polar surface area (TPSA) is 52.3 Å². The molecule has 1 aromatic carbocycles. The molecule has 76 valence electrons. The van der Waals surface area contributed by atoms with Crippen molar-refractivity contribution in [2.75, 3.05) is 12.3 Å². The Labute approximate surface area is 96.8 Å². The van der Waals surface area contributed by atoms with Crippen LogP contribution in [-0.2, 0) is 0 Å². The maximum Gasteiger partial charge on any atom is 0.159 e. The van der Waals surface area contributed by atoms with Gasteiger partial charge in [0, 0.05) is 5.56 Å². The Morgan fingerprint density at radius 3 is 2.64 bits per heavy atom. The van der Waals surface area contributed by atoms with Gasteiger partial charge < -0.3 is 10.5 Å². The predicted molar refractivity (Wildman–Crippen MR) is 64.7 cm³/mol. The number of nitrogens with two attached hydrogens (primary N) is 1. The zero-order valence-electron chi connectivity index (χ0n) is 8.13. The van der Waals surface area contributed by atoms with Gasteiger partial charge in [-0.25, -0.2) is 0 Å². The van der Waals surface area contributed by atoms with Crippen LogP contribution in [0.5, 0.6) is 5.75 Å². The van der Waals surface area contributed by atoms with Gasteiger partial charge in [-0.15, -0.1) is 0 Å². The zero-order chi connectivity index (χ0) is 10.7. The van der Waals surface area contributed by atoms with E-state index >= 15 is 0 Å². The van der Waals surface area contributed by atoms with Gasteiger partial charge in [0.2, 0.25) is 0 Å². The van der Waals surface area contributed by atoms with Gasteiger partial charge >= 0.3 is 0 Å². The summed E-state index contributed by atoms with van der Waals surface area (Å²) in [5, 5.41) is 0. The average molecular weight is 305 g/mol. The van der Waals surface area contributed by atoms with E-state index in [2.05, 4.69) is 22.6 Å². The minimum absolute atomic E-state index is 0.0117. The molecule has 0 bridgehead atoms. The van der Waals surface area contributed by atoms with Gasteiger partial charge in [0.15, 0.2) is 11.5 Å². The lowest BCUT2D eigenvalue weighted by Crippen LogP contribution is -2.02. The van der Waals surface area contributed by atoms with Crippen LogP contribution in [0.2, 0.25) is 0 Å². The van der Waals surface area contributed by atoms with Gasteiger partial charge in [-0.2, -0.15) is 0 Å². The van der Waals surface area contributed by atoms with E-state index in [4.69, 9.17) is 10.5 Å². The van der Waals surface area contributed by atoms with Crippen LogP contribution >= 0.6 is 22.6 Å². The second kappa shape index (κ2) is 4.63. The second-order valence-corrected chi connectivity index (χ2v) is 4.03. The molecule has 0 fully saturated rings. The maximum atomic E-state index is 11.1. The summed E-state index contributed by atoms with van der Waals surface area (Å²) in [4.78, 5) is 11.1. The number of ketones is 1. The molecule has 0 aliphatic carbocycles. The number of rotatable bonds is 3. The van der Waals surface area contributed by atoms with Crippen LogP contribution in [0.1, 0.15) is 24.2 Å². The van der Waals surface area contributed by atoms with Gasteiger partial charge in [-0.3, -0.25) is 4.79 Å². The van der Waals surface area contributed by atoms with Crippen molar-refractivity contribution >= 4 is 34.1 Å². The molecule has 0 unspecified atom stereocenters. The molecule has 0 aliphatic heterocycles. The summed E-state index contributed by atoms with van der Waals surface area (Å²) < 4.78 is 6.23. The predicted octanol–water partition coefficient (Wildman–Crippen LogP) is 2.47. The number of nitrogen functional groups attached to an aromatic ring is 1. The monoisotopic (exact) mass is 305 g/mol. The van der Waals surface area contributed by atoms with Crippen LogP contribution in [0.4, 0.5) is 5.69 Å². The van der Waals surface area contributed by atoms with Crippen molar-refractivity contribution < 1.29 is 9.53 Å². The van der Waals surface area contributed by atoms with Gasteiger partial charge in [-0.1, -0.05) is 0 Å². The third-order valence-corrected chi connectivity index (χ3v) is 2.57. The molecule has 0 saturated carbocycles. The molecule has 0 heterocycles. The molecule has 0 radical (unpaired) electrons. The van der Waals surface area contributed by atoms with Gasteiger partial charge in [0.25, 0.3) is 0 Å². The van der Waals surface area contributed by atoms with E-state index in [1.807, 2.05) is 6.92 Å². The summed E-state index contributed by atoms with van der Waals surface area (Å²) >= 11 is 2.11. The summed E-state index contributed by atoms with van der Waals surface area (Å²) in [5.74, 6) is 0.677. The number of carbonyl (C=O) groups is 1. The minimum atomic E-state index is 0.0117. The molecule has 0 aromatic heterocycles. The Morgan fingerprint density at radius 2 is 2.21 bits per heavy atom. The summed E-state index contributed by atoms with van der Waals surface area (Å²) in [6, 6.07) is 3.43. The smallest absolute Gasteiger partial charge is 0.159 e. The van der Waals surface area contributed by atoms with Crippen molar-refractivity contribution in [3.8, 4) is 5.75 Å². The van der Waals surface area contributed by atoms with Crippen molar-refractivity contribution in [3.05, 3.63) is 21.3 Å². The van der Waals surface area contributed by atoms with Crippen LogP contribution in [0.3, 0.4) is 0 Å². The van der Waals surface area contributed by atoms with E-state index in [0.717, 1.165) is 3.57 Å². The lowest BCUT2D eigenvalue weighted by atomic mass is 10.1. The normalized spacial score (nSPS) is 9.93. The number of halogens is 1. The number of carbonyl (C=O) groups excluding carboxylic acids is 1. The third kappa shape index (κ3) is 2.37. The van der Waals surface area contributed by atoms with E-state index in [1.165, 1.54) is 6.92 Å². The van der Waals surface area contributed by atoms with Gasteiger partial charge in [0.05, 0.1) is 15.9 Å². The van der Waals surface area contributed by atoms with Crippen molar-refractivity contribution in [2.45, 2.75) is 13.8 Å². The summed E-state index contributed by atoms with van der Waals surface area (Å²) in [5.41, 5.74) is 6.90. The standard InChI is InChI=1S/C10H12INO2/c1-3-14-10-8(11)4-7(6(2)13)5-9(10)12/h4-5H,3,12H2,1-2H3.